The van der Waals surface area contributed by atoms with E-state index in [-0.39, 0.29) is 0 Å². The number of carboxylic acids is 1. The van der Waals surface area contributed by atoms with Crippen molar-refractivity contribution in [2.45, 2.75) is 0 Å². The van der Waals surface area contributed by atoms with Gasteiger partial charge in [0.2, 0.25) is 5.76 Å². The highest BCUT2D eigenvalue weighted by Crippen LogP contribution is 2.37. The van der Waals surface area contributed by atoms with Crippen LogP contribution in [0.4, 0.5) is 0 Å². The van der Waals surface area contributed by atoms with E-state index in [1.165, 1.54) is 0 Å². The highest BCUT2D eigenvalue weighted by molar-refractivity contribution is 6.05. The van der Waals surface area contributed by atoms with Gasteiger partial charge in [-0.2, -0.15) is 0 Å². The molecule has 120 valence electrons. The molecule has 2 aromatic carbocycles. The second-order valence-corrected chi connectivity index (χ2v) is 5.30. The zero-order chi connectivity index (χ0) is 16.7. The maximum atomic E-state index is 12.0. The first-order valence-electron chi connectivity index (χ1n) is 7.34. The molecule has 0 atom stereocenters. The topological polar surface area (TPSA) is 86.0 Å². The minimum atomic E-state index is -1.30. The van der Waals surface area contributed by atoms with Crippen molar-refractivity contribution >= 4 is 16.7 Å². The SMILES string of the molecule is O=C(O)c1oc(=O)c2ccccc2c1-c1ccc2c(c1)OCCO2. The molecule has 24 heavy (non-hydrogen) atoms. The molecule has 0 spiro atoms. The number of ether oxygens (including phenoxy) is 2. The molecule has 1 N–H and O–H groups in total. The van der Waals surface area contributed by atoms with Crippen molar-refractivity contribution in [1.29, 1.82) is 0 Å². The van der Waals surface area contributed by atoms with Crippen molar-refractivity contribution in [2.75, 3.05) is 13.2 Å². The zero-order valence-corrected chi connectivity index (χ0v) is 12.4. The molecule has 0 unspecified atom stereocenters. The summed E-state index contributed by atoms with van der Waals surface area (Å²) in [7, 11) is 0. The summed E-state index contributed by atoms with van der Waals surface area (Å²) in [6.07, 6.45) is 0. The number of rotatable bonds is 2. The van der Waals surface area contributed by atoms with Crippen LogP contribution in [-0.4, -0.2) is 24.3 Å². The fourth-order valence-electron chi connectivity index (χ4n) is 2.84. The Labute approximate surface area is 135 Å². The van der Waals surface area contributed by atoms with Gasteiger partial charge in [0.1, 0.15) is 13.2 Å². The van der Waals surface area contributed by atoms with E-state index in [0.717, 1.165) is 0 Å². The van der Waals surface area contributed by atoms with Crippen LogP contribution in [-0.2, 0) is 0 Å². The van der Waals surface area contributed by atoms with Gasteiger partial charge in [-0.25, -0.2) is 9.59 Å². The van der Waals surface area contributed by atoms with Gasteiger partial charge >= 0.3 is 11.6 Å². The first kappa shape index (κ1) is 14.3. The lowest BCUT2D eigenvalue weighted by Crippen LogP contribution is -2.15. The Bertz CT molecular complexity index is 1020. The van der Waals surface area contributed by atoms with Gasteiger partial charge in [-0.1, -0.05) is 24.3 Å². The minimum absolute atomic E-state index is 0.326. The van der Waals surface area contributed by atoms with Crippen LogP contribution in [0.3, 0.4) is 0 Å². The van der Waals surface area contributed by atoms with Gasteiger partial charge in [0.25, 0.3) is 0 Å². The Morgan fingerprint density at radius 2 is 1.67 bits per heavy atom. The maximum absolute atomic E-state index is 12.0. The normalized spacial score (nSPS) is 13.0. The molecule has 1 aliphatic rings. The van der Waals surface area contributed by atoms with Crippen LogP contribution in [0.25, 0.3) is 21.9 Å². The molecule has 0 fully saturated rings. The fourth-order valence-corrected chi connectivity index (χ4v) is 2.84. The predicted octanol–water partition coefficient (Wildman–Crippen LogP) is 2.93. The summed E-state index contributed by atoms with van der Waals surface area (Å²) >= 11 is 0. The highest BCUT2D eigenvalue weighted by Gasteiger charge is 2.22. The molecule has 0 radical (unpaired) electrons. The van der Waals surface area contributed by atoms with Crippen LogP contribution >= 0.6 is 0 Å². The summed E-state index contributed by atoms with van der Waals surface area (Å²) in [5, 5.41) is 10.3. The Kier molecular flexibility index (Phi) is 3.23. The van der Waals surface area contributed by atoms with Crippen molar-refractivity contribution in [2.24, 2.45) is 0 Å². The van der Waals surface area contributed by atoms with Crippen LogP contribution in [0.1, 0.15) is 10.6 Å². The van der Waals surface area contributed by atoms with Crippen LogP contribution in [0, 0.1) is 0 Å². The van der Waals surface area contributed by atoms with E-state index < -0.39 is 17.4 Å². The second kappa shape index (κ2) is 5.42. The van der Waals surface area contributed by atoms with E-state index in [2.05, 4.69) is 0 Å². The van der Waals surface area contributed by atoms with Gasteiger partial charge in [-0.05, 0) is 23.8 Å². The summed E-state index contributed by atoms with van der Waals surface area (Å²) in [5.74, 6) is -0.563. The van der Waals surface area contributed by atoms with Crippen molar-refractivity contribution in [3.05, 3.63) is 58.6 Å². The first-order chi connectivity index (χ1) is 11.6. The summed E-state index contributed by atoms with van der Waals surface area (Å²) in [6, 6.07) is 11.9. The summed E-state index contributed by atoms with van der Waals surface area (Å²) in [4.78, 5) is 23.6. The van der Waals surface area contributed by atoms with Crippen molar-refractivity contribution in [3.8, 4) is 22.6 Å². The van der Waals surface area contributed by atoms with Gasteiger partial charge in [0.05, 0.1) is 5.39 Å². The maximum Gasteiger partial charge on any atom is 0.372 e. The Hall–Kier alpha value is -3.28. The van der Waals surface area contributed by atoms with Gasteiger partial charge in [0, 0.05) is 10.9 Å². The number of hydrogen-bond donors (Lipinski definition) is 1. The third-order valence-electron chi connectivity index (χ3n) is 3.86. The molecule has 0 bridgehead atoms. The molecule has 6 heteroatoms. The number of hydrogen-bond acceptors (Lipinski definition) is 5. The highest BCUT2D eigenvalue weighted by atomic mass is 16.6. The average Bonchev–Trinajstić information content (AvgIpc) is 2.61. The van der Waals surface area contributed by atoms with Crippen LogP contribution < -0.4 is 15.1 Å². The lowest BCUT2D eigenvalue weighted by Gasteiger charge is -2.19. The van der Waals surface area contributed by atoms with E-state index in [4.69, 9.17) is 13.9 Å². The van der Waals surface area contributed by atoms with E-state index >= 15 is 0 Å². The van der Waals surface area contributed by atoms with Crippen LogP contribution in [0.2, 0.25) is 0 Å². The van der Waals surface area contributed by atoms with Crippen molar-refractivity contribution in [3.63, 3.8) is 0 Å². The summed E-state index contributed by atoms with van der Waals surface area (Å²) in [5.41, 5.74) is 0.246. The number of benzene rings is 2. The Balaban J connectivity index is 2.05. The van der Waals surface area contributed by atoms with Gasteiger partial charge in [-0.3, -0.25) is 0 Å². The summed E-state index contributed by atoms with van der Waals surface area (Å²) in [6.45, 7) is 0.892. The quantitative estimate of drug-likeness (QED) is 0.780. The average molecular weight is 324 g/mol. The zero-order valence-electron chi connectivity index (χ0n) is 12.4. The molecule has 1 aromatic heterocycles. The Morgan fingerprint density at radius 3 is 2.42 bits per heavy atom. The molecular formula is C18H12O6. The molecule has 0 saturated heterocycles. The third-order valence-corrected chi connectivity index (χ3v) is 3.86. The van der Waals surface area contributed by atoms with Gasteiger partial charge in [-0.15, -0.1) is 0 Å². The largest absolute Gasteiger partial charge is 0.486 e. The third kappa shape index (κ3) is 2.20. The lowest BCUT2D eigenvalue weighted by molar-refractivity contribution is 0.0659. The molecule has 0 amide bonds. The molecular weight excluding hydrogens is 312 g/mol. The van der Waals surface area contributed by atoms with Gasteiger partial charge in [0.15, 0.2) is 11.5 Å². The molecule has 4 rings (SSSR count). The molecule has 0 aliphatic carbocycles. The number of aromatic carboxylic acids is 1. The van der Waals surface area contributed by atoms with E-state index in [1.807, 2.05) is 0 Å². The second-order valence-electron chi connectivity index (χ2n) is 5.30. The summed E-state index contributed by atoms with van der Waals surface area (Å²) < 4.78 is 16.1. The van der Waals surface area contributed by atoms with Gasteiger partial charge < -0.3 is 19.0 Å². The van der Waals surface area contributed by atoms with E-state index in [1.54, 1.807) is 42.5 Å². The fraction of sp³-hybridized carbons (Fsp3) is 0.111. The number of carboxylic acid groups (broad SMARTS) is 1. The van der Waals surface area contributed by atoms with Crippen molar-refractivity contribution in [1.82, 2.24) is 0 Å². The molecule has 1 aliphatic heterocycles. The van der Waals surface area contributed by atoms with E-state index in [9.17, 15) is 14.7 Å². The predicted molar refractivity (Wildman–Crippen MR) is 85.9 cm³/mol. The number of carbonyl (C=O) groups is 1. The molecule has 2 heterocycles. The lowest BCUT2D eigenvalue weighted by atomic mass is 9.98. The Morgan fingerprint density at radius 1 is 0.958 bits per heavy atom. The van der Waals surface area contributed by atoms with Crippen LogP contribution in [0.15, 0.2) is 51.7 Å². The first-order valence-corrected chi connectivity index (χ1v) is 7.34. The van der Waals surface area contributed by atoms with Crippen LogP contribution in [0.5, 0.6) is 11.5 Å². The van der Waals surface area contributed by atoms with E-state index in [0.29, 0.717) is 46.6 Å². The smallest absolute Gasteiger partial charge is 0.372 e. The molecule has 0 saturated carbocycles. The minimum Gasteiger partial charge on any atom is -0.486 e. The molecule has 3 aromatic rings. The monoisotopic (exact) mass is 324 g/mol. The molecule has 6 nitrogen and oxygen atoms in total. The standard InChI is InChI=1S/C18H12O6/c19-17(20)16-15(11-3-1-2-4-12(11)18(21)24-16)10-5-6-13-14(9-10)23-8-7-22-13/h1-6,9H,7-8H2,(H,19,20). The van der Waals surface area contributed by atoms with Crippen molar-refractivity contribution < 1.29 is 23.8 Å². The number of fused-ring (bicyclic) bond motifs is 2.